The molecule has 0 aromatic heterocycles. The van der Waals surface area contributed by atoms with Crippen molar-refractivity contribution in [2.24, 2.45) is 5.16 Å². The van der Waals surface area contributed by atoms with Gasteiger partial charge in [0, 0.05) is 0 Å². The highest BCUT2D eigenvalue weighted by Crippen LogP contribution is 2.10. The standard InChI is InChI=1S/C11H13ClN2O2/c1-8(10-6-4-3-5-7-10)13-11(15)16-14-9(2)12/h3-8H,1-2H3,(H,13,15). The number of carbonyl (C=O) groups excluding carboxylic acids is 1. The fraction of sp³-hybridized carbons (Fsp3) is 0.273. The van der Waals surface area contributed by atoms with Gasteiger partial charge in [0.1, 0.15) is 5.17 Å². The number of hydrogen-bond donors (Lipinski definition) is 1. The highest BCUT2D eigenvalue weighted by atomic mass is 35.5. The number of oxime groups is 1. The fourth-order valence-corrected chi connectivity index (χ4v) is 1.17. The Kier molecular flexibility index (Phi) is 4.79. The molecule has 5 heteroatoms. The molecule has 0 bridgehead atoms. The third-order valence-corrected chi connectivity index (χ3v) is 1.96. The Morgan fingerprint density at radius 1 is 1.44 bits per heavy atom. The van der Waals surface area contributed by atoms with Gasteiger partial charge in [0.05, 0.1) is 6.04 Å². The van der Waals surface area contributed by atoms with Crippen molar-refractivity contribution in [2.45, 2.75) is 19.9 Å². The quantitative estimate of drug-likeness (QED) is 0.502. The minimum Gasteiger partial charge on any atom is -0.313 e. The van der Waals surface area contributed by atoms with E-state index < -0.39 is 6.09 Å². The van der Waals surface area contributed by atoms with Gasteiger partial charge in [-0.05, 0) is 19.4 Å². The van der Waals surface area contributed by atoms with Gasteiger partial charge in [0.15, 0.2) is 0 Å². The molecule has 4 nitrogen and oxygen atoms in total. The van der Waals surface area contributed by atoms with Crippen LogP contribution in [0.25, 0.3) is 0 Å². The van der Waals surface area contributed by atoms with E-state index in [-0.39, 0.29) is 11.2 Å². The molecule has 1 atom stereocenters. The Bertz CT molecular complexity index is 375. The van der Waals surface area contributed by atoms with E-state index in [1.165, 1.54) is 6.92 Å². The van der Waals surface area contributed by atoms with Crippen molar-refractivity contribution in [3.05, 3.63) is 35.9 Å². The Morgan fingerprint density at radius 3 is 2.62 bits per heavy atom. The highest BCUT2D eigenvalue weighted by Gasteiger charge is 2.09. The lowest BCUT2D eigenvalue weighted by Crippen LogP contribution is -2.26. The zero-order chi connectivity index (χ0) is 12.0. The first kappa shape index (κ1) is 12.5. The Balaban J connectivity index is 2.49. The molecule has 1 rings (SSSR count). The van der Waals surface area contributed by atoms with Gasteiger partial charge in [-0.2, -0.15) is 0 Å². The molecule has 16 heavy (non-hydrogen) atoms. The number of rotatable bonds is 3. The lowest BCUT2D eigenvalue weighted by Gasteiger charge is -2.12. The molecule has 0 saturated heterocycles. The molecule has 0 radical (unpaired) electrons. The predicted octanol–water partition coefficient (Wildman–Crippen LogP) is 3.05. The van der Waals surface area contributed by atoms with Crippen molar-refractivity contribution < 1.29 is 9.63 Å². The van der Waals surface area contributed by atoms with Gasteiger partial charge in [0.2, 0.25) is 0 Å². The van der Waals surface area contributed by atoms with Crippen molar-refractivity contribution in [1.29, 1.82) is 0 Å². The normalized spacial score (nSPS) is 13.1. The van der Waals surface area contributed by atoms with Crippen molar-refractivity contribution in [2.75, 3.05) is 0 Å². The second kappa shape index (κ2) is 6.12. The fourth-order valence-electron chi connectivity index (χ4n) is 1.13. The molecule has 0 saturated carbocycles. The van der Waals surface area contributed by atoms with Crippen LogP contribution in [0, 0.1) is 0 Å². The van der Waals surface area contributed by atoms with Crippen LogP contribution in [0.4, 0.5) is 4.79 Å². The monoisotopic (exact) mass is 240 g/mol. The minimum atomic E-state index is -0.628. The number of carbonyl (C=O) groups is 1. The predicted molar refractivity (Wildman–Crippen MR) is 63.4 cm³/mol. The van der Waals surface area contributed by atoms with Gasteiger partial charge in [-0.3, -0.25) is 4.84 Å². The van der Waals surface area contributed by atoms with Crippen molar-refractivity contribution >= 4 is 22.9 Å². The van der Waals surface area contributed by atoms with Crippen LogP contribution in [-0.4, -0.2) is 11.3 Å². The second-order valence-corrected chi connectivity index (χ2v) is 3.79. The molecule has 1 unspecified atom stereocenters. The molecular formula is C11H13ClN2O2. The summed E-state index contributed by atoms with van der Waals surface area (Å²) in [6, 6.07) is 9.41. The van der Waals surface area contributed by atoms with Crippen LogP contribution >= 0.6 is 11.6 Å². The molecule has 1 aromatic rings. The molecule has 1 aromatic carbocycles. The molecule has 0 fully saturated rings. The van der Waals surface area contributed by atoms with Crippen LogP contribution in [0.1, 0.15) is 25.5 Å². The molecule has 0 aliphatic heterocycles. The van der Waals surface area contributed by atoms with Crippen LogP contribution in [0.2, 0.25) is 0 Å². The summed E-state index contributed by atoms with van der Waals surface area (Å²) in [6.45, 7) is 3.38. The first-order valence-electron chi connectivity index (χ1n) is 4.82. The average molecular weight is 241 g/mol. The minimum absolute atomic E-state index is 0.139. The average Bonchev–Trinajstić information content (AvgIpc) is 2.27. The highest BCUT2D eigenvalue weighted by molar-refractivity contribution is 6.64. The van der Waals surface area contributed by atoms with E-state index in [1.54, 1.807) is 0 Å². The van der Waals surface area contributed by atoms with Crippen LogP contribution < -0.4 is 5.32 Å². The first-order valence-corrected chi connectivity index (χ1v) is 5.20. The number of hydrogen-bond acceptors (Lipinski definition) is 3. The Hall–Kier alpha value is -1.55. The molecule has 86 valence electrons. The van der Waals surface area contributed by atoms with Crippen molar-refractivity contribution in [3.63, 3.8) is 0 Å². The molecule has 0 heterocycles. The van der Waals surface area contributed by atoms with Gasteiger partial charge < -0.3 is 5.32 Å². The number of nitrogens with one attached hydrogen (secondary N) is 1. The van der Waals surface area contributed by atoms with E-state index >= 15 is 0 Å². The first-order chi connectivity index (χ1) is 7.59. The zero-order valence-electron chi connectivity index (χ0n) is 9.11. The van der Waals surface area contributed by atoms with E-state index in [1.807, 2.05) is 37.3 Å². The van der Waals surface area contributed by atoms with E-state index in [9.17, 15) is 4.79 Å². The summed E-state index contributed by atoms with van der Waals surface area (Å²) in [6.07, 6.45) is -0.628. The number of amides is 1. The van der Waals surface area contributed by atoms with Gasteiger partial charge in [-0.25, -0.2) is 4.79 Å². The Labute approximate surface area is 99.2 Å². The number of halogens is 1. The zero-order valence-corrected chi connectivity index (χ0v) is 9.86. The molecule has 1 N–H and O–H groups in total. The van der Waals surface area contributed by atoms with Gasteiger partial charge >= 0.3 is 6.09 Å². The lowest BCUT2D eigenvalue weighted by atomic mass is 10.1. The molecule has 1 amide bonds. The van der Waals surface area contributed by atoms with Crippen LogP contribution in [0.3, 0.4) is 0 Å². The number of benzene rings is 1. The van der Waals surface area contributed by atoms with E-state index in [2.05, 4.69) is 15.3 Å². The maximum Gasteiger partial charge on any atom is 0.433 e. The summed E-state index contributed by atoms with van der Waals surface area (Å²) in [5, 5.41) is 6.13. The van der Waals surface area contributed by atoms with Gasteiger partial charge in [-0.15, -0.1) is 0 Å². The van der Waals surface area contributed by atoms with Crippen molar-refractivity contribution in [1.82, 2.24) is 5.32 Å². The molecule has 0 aliphatic rings. The molecular weight excluding hydrogens is 228 g/mol. The topological polar surface area (TPSA) is 50.7 Å². The summed E-state index contributed by atoms with van der Waals surface area (Å²) in [7, 11) is 0. The third-order valence-electron chi connectivity index (χ3n) is 1.89. The summed E-state index contributed by atoms with van der Waals surface area (Å²) < 4.78 is 0. The maximum absolute atomic E-state index is 11.2. The third kappa shape index (κ3) is 4.31. The van der Waals surface area contributed by atoms with E-state index in [0.29, 0.717) is 0 Å². The van der Waals surface area contributed by atoms with Crippen LogP contribution in [0.5, 0.6) is 0 Å². The number of nitrogens with zero attached hydrogens (tertiary/aromatic N) is 1. The smallest absolute Gasteiger partial charge is 0.313 e. The lowest BCUT2D eigenvalue weighted by molar-refractivity contribution is 0.147. The maximum atomic E-state index is 11.2. The van der Waals surface area contributed by atoms with Crippen LogP contribution in [-0.2, 0) is 4.84 Å². The van der Waals surface area contributed by atoms with Crippen molar-refractivity contribution in [3.8, 4) is 0 Å². The van der Waals surface area contributed by atoms with Gasteiger partial charge in [0.25, 0.3) is 0 Å². The summed E-state index contributed by atoms with van der Waals surface area (Å²) in [4.78, 5) is 15.7. The Morgan fingerprint density at radius 2 is 2.06 bits per heavy atom. The van der Waals surface area contributed by atoms with Gasteiger partial charge in [-0.1, -0.05) is 47.1 Å². The van der Waals surface area contributed by atoms with E-state index in [0.717, 1.165) is 5.56 Å². The summed E-state index contributed by atoms with van der Waals surface area (Å²) in [5.74, 6) is 0. The van der Waals surface area contributed by atoms with E-state index in [4.69, 9.17) is 11.6 Å². The molecule has 0 spiro atoms. The summed E-state index contributed by atoms with van der Waals surface area (Å²) >= 11 is 5.42. The largest absolute Gasteiger partial charge is 0.433 e. The SMILES string of the molecule is CC(Cl)=NOC(=O)NC(C)c1ccccc1. The van der Waals surface area contributed by atoms with Crippen LogP contribution in [0.15, 0.2) is 35.5 Å². The molecule has 0 aliphatic carbocycles. The second-order valence-electron chi connectivity index (χ2n) is 3.24. The summed E-state index contributed by atoms with van der Waals surface area (Å²) in [5.41, 5.74) is 0.992.